The van der Waals surface area contributed by atoms with E-state index in [0.717, 1.165) is 0 Å². The number of aromatic nitrogens is 1. The maximum absolute atomic E-state index is 12.0. The summed E-state index contributed by atoms with van der Waals surface area (Å²) in [5, 5.41) is 10.8. The summed E-state index contributed by atoms with van der Waals surface area (Å²) in [4.78, 5) is 27.9. The monoisotopic (exact) mass is 313 g/mol. The van der Waals surface area contributed by atoms with Gasteiger partial charge in [-0.15, -0.1) is 0 Å². The van der Waals surface area contributed by atoms with Gasteiger partial charge in [-0.05, 0) is 20.8 Å². The number of carbonyl (C=O) groups excluding carboxylic acids is 1. The molecule has 1 amide bonds. The highest BCUT2D eigenvalue weighted by Crippen LogP contribution is 2.28. The molecule has 1 aromatic rings. The van der Waals surface area contributed by atoms with E-state index in [1.54, 1.807) is 20.8 Å². The molecule has 0 saturated carbocycles. The largest absolute Gasteiger partial charge is 0.444 e. The third kappa shape index (κ3) is 3.60. The highest BCUT2D eigenvalue weighted by Gasteiger charge is 2.28. The van der Waals surface area contributed by atoms with E-state index in [9.17, 15) is 14.9 Å². The van der Waals surface area contributed by atoms with Gasteiger partial charge in [0.05, 0.1) is 11.5 Å². The molecule has 0 spiro atoms. The Kier molecular flexibility index (Phi) is 4.04. The number of hydrogen-bond acceptors (Lipinski definition) is 5. The summed E-state index contributed by atoms with van der Waals surface area (Å²) in [7, 11) is 0. The van der Waals surface area contributed by atoms with Gasteiger partial charge in [-0.1, -0.05) is 11.6 Å². The van der Waals surface area contributed by atoms with Crippen LogP contribution in [0, 0.1) is 10.1 Å². The van der Waals surface area contributed by atoms with Crippen LogP contribution in [0.2, 0.25) is 5.15 Å². The molecule has 1 aromatic heterocycles. The van der Waals surface area contributed by atoms with Crippen LogP contribution in [0.3, 0.4) is 0 Å². The van der Waals surface area contributed by atoms with Gasteiger partial charge in [-0.25, -0.2) is 9.78 Å². The van der Waals surface area contributed by atoms with Gasteiger partial charge < -0.3 is 9.64 Å². The van der Waals surface area contributed by atoms with Crippen molar-refractivity contribution in [1.82, 2.24) is 9.88 Å². The number of amides is 1. The van der Waals surface area contributed by atoms with Crippen LogP contribution in [0.25, 0.3) is 0 Å². The molecule has 2 heterocycles. The third-order valence-corrected chi connectivity index (χ3v) is 3.23. The quantitative estimate of drug-likeness (QED) is 0.452. The predicted molar refractivity (Wildman–Crippen MR) is 76.2 cm³/mol. The van der Waals surface area contributed by atoms with E-state index in [0.29, 0.717) is 24.2 Å². The lowest BCUT2D eigenvalue weighted by Crippen LogP contribution is -2.40. The third-order valence-electron chi connectivity index (χ3n) is 2.95. The first kappa shape index (κ1) is 15.5. The second kappa shape index (κ2) is 5.48. The fourth-order valence-corrected chi connectivity index (χ4v) is 2.27. The number of pyridine rings is 1. The molecule has 1 aliphatic heterocycles. The van der Waals surface area contributed by atoms with E-state index in [1.165, 1.54) is 11.0 Å². The number of nitrogens with zero attached hydrogens (tertiary/aromatic N) is 3. The standard InChI is InChI=1S/C13H16ClN3O4/c1-13(2,3)21-12(18)16-5-4-9-8(7-16)6-10(17(19)20)11(14)15-9/h6H,4-5,7H2,1-3H3. The topological polar surface area (TPSA) is 85.6 Å². The Labute approximate surface area is 127 Å². The second-order valence-corrected chi connectivity index (χ2v) is 6.17. The molecule has 8 heteroatoms. The zero-order chi connectivity index (χ0) is 15.8. The summed E-state index contributed by atoms with van der Waals surface area (Å²) < 4.78 is 5.30. The van der Waals surface area contributed by atoms with Crippen molar-refractivity contribution in [2.24, 2.45) is 0 Å². The Morgan fingerprint density at radius 1 is 1.52 bits per heavy atom. The van der Waals surface area contributed by atoms with E-state index in [-0.39, 0.29) is 17.4 Å². The lowest BCUT2D eigenvalue weighted by molar-refractivity contribution is -0.385. The molecule has 1 aliphatic rings. The number of fused-ring (bicyclic) bond motifs is 1. The van der Waals surface area contributed by atoms with Gasteiger partial charge in [0, 0.05) is 30.3 Å². The SMILES string of the molecule is CC(C)(C)OC(=O)N1CCc2nc(Cl)c([N+](=O)[O-])cc2C1. The molecule has 0 unspecified atom stereocenters. The van der Waals surface area contributed by atoms with Gasteiger partial charge in [0.1, 0.15) is 5.60 Å². The Hall–Kier alpha value is -1.89. The zero-order valence-corrected chi connectivity index (χ0v) is 12.8. The normalized spacial score (nSPS) is 14.6. The average Bonchev–Trinajstić information content (AvgIpc) is 2.35. The van der Waals surface area contributed by atoms with E-state index in [2.05, 4.69) is 4.98 Å². The first-order chi connectivity index (χ1) is 9.67. The van der Waals surface area contributed by atoms with Crippen LogP contribution < -0.4 is 0 Å². The minimum absolute atomic E-state index is 0.121. The van der Waals surface area contributed by atoms with Crippen molar-refractivity contribution in [3.63, 3.8) is 0 Å². The summed E-state index contributed by atoms with van der Waals surface area (Å²) in [5.74, 6) is 0. The molecule has 0 radical (unpaired) electrons. The van der Waals surface area contributed by atoms with Crippen molar-refractivity contribution >= 4 is 23.4 Å². The molecule has 0 aliphatic carbocycles. The van der Waals surface area contributed by atoms with E-state index in [1.807, 2.05) is 0 Å². The minimum atomic E-state index is -0.582. The number of halogens is 1. The molecular formula is C13H16ClN3O4. The molecule has 0 saturated heterocycles. The van der Waals surface area contributed by atoms with E-state index < -0.39 is 16.6 Å². The summed E-state index contributed by atoms with van der Waals surface area (Å²) in [6, 6.07) is 1.38. The summed E-state index contributed by atoms with van der Waals surface area (Å²) in [6.07, 6.45) is 0.0532. The molecule has 114 valence electrons. The van der Waals surface area contributed by atoms with Crippen molar-refractivity contribution in [3.8, 4) is 0 Å². The van der Waals surface area contributed by atoms with Crippen LogP contribution >= 0.6 is 11.6 Å². The molecule has 0 bridgehead atoms. The summed E-state index contributed by atoms with van der Waals surface area (Å²) in [5.41, 5.74) is 0.483. The van der Waals surface area contributed by atoms with Crippen molar-refractivity contribution in [2.45, 2.75) is 39.3 Å². The Balaban J connectivity index is 2.22. The van der Waals surface area contributed by atoms with Gasteiger partial charge in [0.2, 0.25) is 5.15 Å². The molecule has 0 aromatic carbocycles. The molecule has 7 nitrogen and oxygen atoms in total. The molecule has 0 N–H and O–H groups in total. The predicted octanol–water partition coefficient (Wildman–Crippen LogP) is 2.94. The van der Waals surface area contributed by atoms with Crippen LogP contribution in [-0.4, -0.2) is 33.0 Å². The molecule has 0 fully saturated rings. The zero-order valence-electron chi connectivity index (χ0n) is 12.1. The maximum Gasteiger partial charge on any atom is 0.410 e. The van der Waals surface area contributed by atoms with Gasteiger partial charge >= 0.3 is 11.8 Å². The fraction of sp³-hybridized carbons (Fsp3) is 0.538. The molecule has 0 atom stereocenters. The summed E-state index contributed by atoms with van der Waals surface area (Å²) >= 11 is 5.78. The average molecular weight is 314 g/mol. The lowest BCUT2D eigenvalue weighted by atomic mass is 10.1. The molecule has 21 heavy (non-hydrogen) atoms. The van der Waals surface area contributed by atoms with E-state index in [4.69, 9.17) is 16.3 Å². The van der Waals surface area contributed by atoms with Gasteiger partial charge in [0.15, 0.2) is 0 Å². The maximum atomic E-state index is 12.0. The first-order valence-electron chi connectivity index (χ1n) is 6.48. The van der Waals surface area contributed by atoms with Gasteiger partial charge in [-0.3, -0.25) is 10.1 Å². The van der Waals surface area contributed by atoms with Gasteiger partial charge in [0.25, 0.3) is 0 Å². The van der Waals surface area contributed by atoms with Gasteiger partial charge in [-0.2, -0.15) is 0 Å². The van der Waals surface area contributed by atoms with E-state index >= 15 is 0 Å². The Morgan fingerprint density at radius 2 is 2.19 bits per heavy atom. The van der Waals surface area contributed by atoms with Crippen LogP contribution in [0.4, 0.5) is 10.5 Å². The first-order valence-corrected chi connectivity index (χ1v) is 6.86. The minimum Gasteiger partial charge on any atom is -0.444 e. The highest BCUT2D eigenvalue weighted by molar-refractivity contribution is 6.31. The van der Waals surface area contributed by atoms with Crippen LogP contribution in [0.1, 0.15) is 32.0 Å². The Morgan fingerprint density at radius 3 is 2.76 bits per heavy atom. The van der Waals surface area contributed by atoms with Crippen LogP contribution in [-0.2, 0) is 17.7 Å². The van der Waals surface area contributed by atoms with Crippen molar-refractivity contribution in [1.29, 1.82) is 0 Å². The van der Waals surface area contributed by atoms with Crippen molar-refractivity contribution in [3.05, 3.63) is 32.6 Å². The fourth-order valence-electron chi connectivity index (χ4n) is 2.04. The highest BCUT2D eigenvalue weighted by atomic mass is 35.5. The van der Waals surface area contributed by atoms with Crippen LogP contribution in [0.5, 0.6) is 0 Å². The van der Waals surface area contributed by atoms with Crippen LogP contribution in [0.15, 0.2) is 6.07 Å². The molecular weight excluding hydrogens is 298 g/mol. The smallest absolute Gasteiger partial charge is 0.410 e. The number of hydrogen-bond donors (Lipinski definition) is 0. The number of ether oxygens (including phenoxy) is 1. The number of rotatable bonds is 1. The van der Waals surface area contributed by atoms with Crippen molar-refractivity contribution in [2.75, 3.05) is 6.54 Å². The summed E-state index contributed by atoms with van der Waals surface area (Å²) in [6.45, 7) is 6.04. The Bertz CT molecular complexity index is 598. The number of nitro groups is 1. The van der Waals surface area contributed by atoms with Crippen molar-refractivity contribution < 1.29 is 14.5 Å². The molecule has 2 rings (SSSR count). The second-order valence-electron chi connectivity index (χ2n) is 5.81. The number of carbonyl (C=O) groups is 1. The lowest BCUT2D eigenvalue weighted by Gasteiger charge is -2.30.